The lowest BCUT2D eigenvalue weighted by atomic mass is 10.2. The highest BCUT2D eigenvalue weighted by molar-refractivity contribution is 6.01. The summed E-state index contributed by atoms with van der Waals surface area (Å²) in [6.07, 6.45) is 7.53. The average Bonchev–Trinajstić information content (AvgIpc) is 3.36. The number of nitrogens with one attached hydrogen (secondary N) is 1. The van der Waals surface area contributed by atoms with Crippen molar-refractivity contribution in [1.82, 2.24) is 14.9 Å². The normalized spacial score (nSPS) is 14.9. The van der Waals surface area contributed by atoms with E-state index < -0.39 is 5.91 Å². The molecule has 0 aliphatic carbocycles. The Balaban J connectivity index is 1.52. The summed E-state index contributed by atoms with van der Waals surface area (Å²) < 4.78 is 13.0. The highest BCUT2D eigenvalue weighted by Crippen LogP contribution is 2.21. The van der Waals surface area contributed by atoms with Crippen molar-refractivity contribution >= 4 is 17.9 Å². The summed E-state index contributed by atoms with van der Waals surface area (Å²) in [5.74, 6) is 0.802. The number of anilines is 1. The van der Waals surface area contributed by atoms with Crippen molar-refractivity contribution in [2.45, 2.75) is 13.0 Å². The van der Waals surface area contributed by atoms with Gasteiger partial charge >= 0.3 is 0 Å². The zero-order valence-corrected chi connectivity index (χ0v) is 14.4. The van der Waals surface area contributed by atoms with Gasteiger partial charge in [0.2, 0.25) is 0 Å². The van der Waals surface area contributed by atoms with Crippen molar-refractivity contribution in [3.05, 3.63) is 42.2 Å². The minimum atomic E-state index is -0.401. The number of nitrogens with zero attached hydrogens (tertiary/aromatic N) is 4. The van der Waals surface area contributed by atoms with Crippen LogP contribution in [0.3, 0.4) is 0 Å². The number of carbonyl (C=O) groups excluding carboxylic acids is 1. The first-order valence-electron chi connectivity index (χ1n) is 8.54. The summed E-state index contributed by atoms with van der Waals surface area (Å²) in [5, 5.41) is 12.0. The number of ether oxygens (including phenoxy) is 1. The maximum absolute atomic E-state index is 12.2. The average molecular weight is 355 g/mol. The molecule has 0 unspecified atom stereocenters. The third kappa shape index (κ3) is 4.74. The molecule has 0 radical (unpaired) electrons. The predicted molar refractivity (Wildman–Crippen MR) is 95.2 cm³/mol. The van der Waals surface area contributed by atoms with Gasteiger partial charge in [0.15, 0.2) is 5.88 Å². The fourth-order valence-corrected chi connectivity index (χ4v) is 2.64. The van der Waals surface area contributed by atoms with Crippen LogP contribution in [-0.4, -0.2) is 48.3 Å². The van der Waals surface area contributed by atoms with E-state index >= 15 is 0 Å². The number of nitriles is 1. The molecule has 1 saturated heterocycles. The zero-order chi connectivity index (χ0) is 18.2. The lowest BCUT2D eigenvalue weighted by molar-refractivity contribution is -0.117. The first kappa shape index (κ1) is 17.8. The Hall–Kier alpha value is -3.05. The third-order valence-electron chi connectivity index (χ3n) is 4.02. The molecule has 1 aliphatic heterocycles. The van der Waals surface area contributed by atoms with E-state index in [-0.39, 0.29) is 5.57 Å². The number of aryl methyl sites for hydroxylation is 1. The van der Waals surface area contributed by atoms with Crippen LogP contribution in [-0.2, 0) is 16.1 Å². The van der Waals surface area contributed by atoms with Crippen molar-refractivity contribution < 1.29 is 13.9 Å². The Kier molecular flexibility index (Phi) is 6.06. The summed E-state index contributed by atoms with van der Waals surface area (Å²) in [7, 11) is 0. The smallest absolute Gasteiger partial charge is 0.262 e. The number of imidazole rings is 1. The number of rotatable bonds is 7. The largest absolute Gasteiger partial charge is 0.441 e. The molecule has 1 N–H and O–H groups in total. The number of hydrogen-bond acceptors (Lipinski definition) is 6. The molecule has 0 saturated carbocycles. The van der Waals surface area contributed by atoms with Crippen LogP contribution < -0.4 is 10.2 Å². The molecule has 1 amide bonds. The van der Waals surface area contributed by atoms with Crippen LogP contribution in [0, 0.1) is 11.3 Å². The number of amides is 1. The summed E-state index contributed by atoms with van der Waals surface area (Å²) in [6, 6.07) is 5.53. The molecule has 1 aliphatic rings. The van der Waals surface area contributed by atoms with Crippen molar-refractivity contribution in [3.8, 4) is 6.07 Å². The Morgan fingerprint density at radius 2 is 2.23 bits per heavy atom. The van der Waals surface area contributed by atoms with Gasteiger partial charge in [-0.2, -0.15) is 5.26 Å². The molecular formula is C18H21N5O3. The molecule has 0 atom stereocenters. The van der Waals surface area contributed by atoms with E-state index in [4.69, 9.17) is 9.15 Å². The number of hydrogen-bond donors (Lipinski definition) is 1. The number of morpholine rings is 1. The van der Waals surface area contributed by atoms with Gasteiger partial charge in [-0.05, 0) is 12.5 Å². The molecule has 8 heteroatoms. The molecule has 0 aromatic carbocycles. The van der Waals surface area contributed by atoms with E-state index in [0.717, 1.165) is 31.9 Å². The molecule has 2 aromatic heterocycles. The van der Waals surface area contributed by atoms with E-state index in [1.807, 2.05) is 22.9 Å². The summed E-state index contributed by atoms with van der Waals surface area (Å²) in [5.41, 5.74) is 0.0236. The Morgan fingerprint density at radius 3 is 2.96 bits per heavy atom. The number of furan rings is 1. The van der Waals surface area contributed by atoms with Crippen molar-refractivity contribution in [2.75, 3.05) is 37.7 Å². The second kappa shape index (κ2) is 8.87. The Bertz CT molecular complexity index is 782. The molecule has 3 heterocycles. The maximum atomic E-state index is 12.2. The molecule has 2 aromatic rings. The van der Waals surface area contributed by atoms with Crippen LogP contribution in [0.4, 0.5) is 5.88 Å². The van der Waals surface area contributed by atoms with E-state index in [1.54, 1.807) is 18.6 Å². The first-order chi connectivity index (χ1) is 12.8. The van der Waals surface area contributed by atoms with Crippen molar-refractivity contribution in [1.29, 1.82) is 5.26 Å². The maximum Gasteiger partial charge on any atom is 0.262 e. The zero-order valence-electron chi connectivity index (χ0n) is 14.4. The third-order valence-corrected chi connectivity index (χ3v) is 4.02. The molecule has 3 rings (SSSR count). The van der Waals surface area contributed by atoms with Crippen LogP contribution >= 0.6 is 0 Å². The Labute approximate surface area is 151 Å². The van der Waals surface area contributed by atoms with Crippen molar-refractivity contribution in [3.63, 3.8) is 0 Å². The molecule has 0 spiro atoms. The van der Waals surface area contributed by atoms with Crippen LogP contribution in [0.25, 0.3) is 6.08 Å². The molecule has 26 heavy (non-hydrogen) atoms. The van der Waals surface area contributed by atoms with Crippen LogP contribution in [0.15, 0.2) is 40.8 Å². The van der Waals surface area contributed by atoms with Gasteiger partial charge in [-0.1, -0.05) is 0 Å². The predicted octanol–water partition coefficient (Wildman–Crippen LogP) is 1.43. The summed E-state index contributed by atoms with van der Waals surface area (Å²) in [4.78, 5) is 18.2. The second-order valence-electron chi connectivity index (χ2n) is 5.86. The van der Waals surface area contributed by atoms with E-state index in [2.05, 4.69) is 15.2 Å². The highest BCUT2D eigenvalue weighted by atomic mass is 16.5. The molecule has 8 nitrogen and oxygen atoms in total. The first-order valence-corrected chi connectivity index (χ1v) is 8.54. The Morgan fingerprint density at radius 1 is 1.38 bits per heavy atom. The standard InChI is InChI=1S/C18H21N5O3/c19-13-15(18(24)21-4-1-6-22-7-5-20-14-22)12-16-2-3-17(26-16)23-8-10-25-11-9-23/h2-3,5,7,12,14H,1,4,6,8-11H2,(H,21,24). The summed E-state index contributed by atoms with van der Waals surface area (Å²) >= 11 is 0. The van der Waals surface area contributed by atoms with Gasteiger partial charge < -0.3 is 23.9 Å². The van der Waals surface area contributed by atoms with Crippen LogP contribution in [0.1, 0.15) is 12.2 Å². The van der Waals surface area contributed by atoms with Gasteiger partial charge in [0.1, 0.15) is 17.4 Å². The van der Waals surface area contributed by atoms with Gasteiger partial charge in [0, 0.05) is 50.7 Å². The van der Waals surface area contributed by atoms with Gasteiger partial charge in [-0.15, -0.1) is 0 Å². The topological polar surface area (TPSA) is 96.3 Å². The lowest BCUT2D eigenvalue weighted by Gasteiger charge is -2.26. The van der Waals surface area contributed by atoms with Gasteiger partial charge in [-0.3, -0.25) is 4.79 Å². The second-order valence-corrected chi connectivity index (χ2v) is 5.86. The van der Waals surface area contributed by atoms with Gasteiger partial charge in [0.25, 0.3) is 5.91 Å². The van der Waals surface area contributed by atoms with Gasteiger partial charge in [-0.25, -0.2) is 4.98 Å². The minimum absolute atomic E-state index is 0.0236. The molecule has 136 valence electrons. The highest BCUT2D eigenvalue weighted by Gasteiger charge is 2.15. The van der Waals surface area contributed by atoms with E-state index in [1.165, 1.54) is 6.08 Å². The molecule has 1 fully saturated rings. The summed E-state index contributed by atoms with van der Waals surface area (Å²) in [6.45, 7) is 4.09. The van der Waals surface area contributed by atoms with E-state index in [0.29, 0.717) is 25.5 Å². The van der Waals surface area contributed by atoms with Crippen LogP contribution in [0.2, 0.25) is 0 Å². The van der Waals surface area contributed by atoms with Crippen LogP contribution in [0.5, 0.6) is 0 Å². The number of carbonyl (C=O) groups is 1. The number of aromatic nitrogens is 2. The minimum Gasteiger partial charge on any atom is -0.441 e. The van der Waals surface area contributed by atoms with Gasteiger partial charge in [0.05, 0.1) is 19.5 Å². The molecular weight excluding hydrogens is 334 g/mol. The molecule has 0 bridgehead atoms. The lowest BCUT2D eigenvalue weighted by Crippen LogP contribution is -2.35. The quantitative estimate of drug-likeness (QED) is 0.458. The van der Waals surface area contributed by atoms with E-state index in [9.17, 15) is 10.1 Å². The van der Waals surface area contributed by atoms with Crippen molar-refractivity contribution in [2.24, 2.45) is 0 Å². The SMILES string of the molecule is N#CC(=Cc1ccc(N2CCOCC2)o1)C(=O)NCCCn1ccnc1. The fourth-order valence-electron chi connectivity index (χ4n) is 2.64. The monoisotopic (exact) mass is 355 g/mol. The fraction of sp³-hybridized carbons (Fsp3) is 0.389.